The molecule has 1 aliphatic heterocycles. The van der Waals surface area contributed by atoms with E-state index in [0.29, 0.717) is 18.3 Å². The second-order valence-electron chi connectivity index (χ2n) is 5.11. The zero-order chi connectivity index (χ0) is 11.1. The van der Waals surface area contributed by atoms with Crippen LogP contribution in [0.15, 0.2) is 4.99 Å². The second kappa shape index (κ2) is 3.51. The van der Waals surface area contributed by atoms with Gasteiger partial charge < -0.3 is 5.73 Å². The van der Waals surface area contributed by atoms with Crippen LogP contribution in [0.4, 0.5) is 0 Å². The molecule has 0 bridgehead atoms. The lowest BCUT2D eigenvalue weighted by Crippen LogP contribution is -2.53. The molecule has 3 N–H and O–H groups in total. The van der Waals surface area contributed by atoms with Crippen molar-refractivity contribution >= 4 is 11.9 Å². The first-order chi connectivity index (χ1) is 7.02. The molecule has 0 radical (unpaired) electrons. The van der Waals surface area contributed by atoms with Crippen LogP contribution >= 0.6 is 0 Å². The lowest BCUT2D eigenvalue weighted by Gasteiger charge is -2.43. The van der Waals surface area contributed by atoms with Gasteiger partial charge in [0.1, 0.15) is 0 Å². The number of hydrogen-bond acceptors (Lipinski definition) is 3. The summed E-state index contributed by atoms with van der Waals surface area (Å²) >= 11 is 0. The topological polar surface area (TPSA) is 67.5 Å². The van der Waals surface area contributed by atoms with Gasteiger partial charge in [-0.3, -0.25) is 10.1 Å². The zero-order valence-corrected chi connectivity index (χ0v) is 9.42. The van der Waals surface area contributed by atoms with Crippen molar-refractivity contribution < 1.29 is 4.79 Å². The lowest BCUT2D eigenvalue weighted by molar-refractivity contribution is -0.122. The first-order valence-corrected chi connectivity index (χ1v) is 5.67. The Morgan fingerprint density at radius 3 is 2.87 bits per heavy atom. The Hall–Kier alpha value is -1.06. The largest absolute Gasteiger partial charge is 0.370 e. The number of amides is 1. The van der Waals surface area contributed by atoms with Crippen LogP contribution in [-0.2, 0) is 4.79 Å². The number of nitrogens with two attached hydrogens (primary N) is 1. The molecule has 15 heavy (non-hydrogen) atoms. The van der Waals surface area contributed by atoms with Crippen LogP contribution in [0.1, 0.15) is 39.5 Å². The second-order valence-corrected chi connectivity index (χ2v) is 5.11. The monoisotopic (exact) mass is 209 g/mol. The third-order valence-corrected chi connectivity index (χ3v) is 3.82. The number of nitrogens with zero attached hydrogens (tertiary/aromatic N) is 1. The van der Waals surface area contributed by atoms with Gasteiger partial charge in [0.2, 0.25) is 5.91 Å². The highest BCUT2D eigenvalue weighted by atomic mass is 16.1. The van der Waals surface area contributed by atoms with Gasteiger partial charge >= 0.3 is 0 Å². The zero-order valence-electron chi connectivity index (χ0n) is 9.42. The predicted molar refractivity (Wildman–Crippen MR) is 59.3 cm³/mol. The number of hydrogen-bond donors (Lipinski definition) is 2. The predicted octanol–water partition coefficient (Wildman–Crippen LogP) is 1.02. The highest BCUT2D eigenvalue weighted by Crippen LogP contribution is 2.42. The summed E-state index contributed by atoms with van der Waals surface area (Å²) < 4.78 is 0. The maximum atomic E-state index is 11.5. The fourth-order valence-electron chi connectivity index (χ4n) is 2.88. The van der Waals surface area contributed by atoms with Gasteiger partial charge in [0.05, 0.1) is 12.0 Å². The highest BCUT2D eigenvalue weighted by molar-refractivity contribution is 5.98. The summed E-state index contributed by atoms with van der Waals surface area (Å²) in [5.74, 6) is 1.51. The number of carbonyl (C=O) groups excluding carboxylic acids is 1. The van der Waals surface area contributed by atoms with Crippen LogP contribution in [0.3, 0.4) is 0 Å². The number of nitrogens with one attached hydrogen (secondary N) is 1. The van der Waals surface area contributed by atoms with E-state index >= 15 is 0 Å². The van der Waals surface area contributed by atoms with Crippen molar-refractivity contribution in [2.24, 2.45) is 22.6 Å². The van der Waals surface area contributed by atoms with E-state index in [9.17, 15) is 4.79 Å². The fraction of sp³-hybridized carbons (Fsp3) is 0.818. The Bertz CT molecular complexity index is 313. The standard InChI is InChI=1S/C11H19N3O/c1-7-3-4-11(8(2)5-7)6-9(15)13-10(12)14-11/h7-8H,3-6H2,1-2H3,(H3,12,13,14,15)/t7-,8-,11?/m0/s1. The number of guanidine groups is 1. The minimum atomic E-state index is -0.209. The normalized spacial score (nSPS) is 41.2. The van der Waals surface area contributed by atoms with E-state index in [1.54, 1.807) is 0 Å². The number of rotatable bonds is 0. The van der Waals surface area contributed by atoms with E-state index in [4.69, 9.17) is 5.73 Å². The van der Waals surface area contributed by atoms with Crippen molar-refractivity contribution in [1.29, 1.82) is 0 Å². The van der Waals surface area contributed by atoms with Crippen molar-refractivity contribution in [1.82, 2.24) is 5.32 Å². The minimum absolute atomic E-state index is 0.0175. The average molecular weight is 209 g/mol. The molecule has 4 nitrogen and oxygen atoms in total. The van der Waals surface area contributed by atoms with Crippen molar-refractivity contribution in [3.8, 4) is 0 Å². The van der Waals surface area contributed by atoms with Crippen LogP contribution < -0.4 is 11.1 Å². The third-order valence-electron chi connectivity index (χ3n) is 3.82. The Kier molecular flexibility index (Phi) is 2.44. The van der Waals surface area contributed by atoms with Crippen LogP contribution in [0.2, 0.25) is 0 Å². The molecule has 0 saturated heterocycles. The van der Waals surface area contributed by atoms with Gasteiger partial charge in [-0.1, -0.05) is 13.8 Å². The molecule has 2 rings (SSSR count). The molecule has 0 aromatic rings. The van der Waals surface area contributed by atoms with E-state index in [2.05, 4.69) is 24.2 Å². The van der Waals surface area contributed by atoms with E-state index < -0.39 is 0 Å². The van der Waals surface area contributed by atoms with E-state index in [0.717, 1.165) is 25.2 Å². The molecule has 0 aromatic heterocycles. The molecule has 1 amide bonds. The summed E-state index contributed by atoms with van der Waals surface area (Å²) in [5.41, 5.74) is 5.44. The van der Waals surface area contributed by atoms with Gasteiger partial charge in [0, 0.05) is 0 Å². The molecule has 1 unspecified atom stereocenters. The van der Waals surface area contributed by atoms with Gasteiger partial charge in [0.15, 0.2) is 5.96 Å². The molecular formula is C11H19N3O. The highest BCUT2D eigenvalue weighted by Gasteiger charge is 2.43. The van der Waals surface area contributed by atoms with Crippen molar-refractivity contribution in [2.75, 3.05) is 0 Å². The van der Waals surface area contributed by atoms with Gasteiger partial charge in [-0.05, 0) is 31.1 Å². The Morgan fingerprint density at radius 1 is 1.53 bits per heavy atom. The molecule has 1 fully saturated rings. The summed E-state index contributed by atoms with van der Waals surface area (Å²) in [7, 11) is 0. The Labute approximate surface area is 90.3 Å². The maximum Gasteiger partial charge on any atom is 0.229 e. The minimum Gasteiger partial charge on any atom is -0.370 e. The third kappa shape index (κ3) is 1.85. The molecule has 1 aliphatic carbocycles. The quantitative estimate of drug-likeness (QED) is 0.625. The first kappa shape index (κ1) is 10.5. The summed E-state index contributed by atoms with van der Waals surface area (Å²) in [6.07, 6.45) is 3.78. The van der Waals surface area contributed by atoms with Crippen molar-refractivity contribution in [2.45, 2.75) is 45.1 Å². The van der Waals surface area contributed by atoms with Gasteiger partial charge in [-0.2, -0.15) is 0 Å². The molecule has 1 saturated carbocycles. The smallest absolute Gasteiger partial charge is 0.229 e. The summed E-state index contributed by atoms with van der Waals surface area (Å²) in [5, 5.41) is 2.57. The van der Waals surface area contributed by atoms with E-state index in [-0.39, 0.29) is 11.4 Å². The molecule has 2 aliphatic rings. The first-order valence-electron chi connectivity index (χ1n) is 5.67. The summed E-state index contributed by atoms with van der Waals surface area (Å²) in [6.45, 7) is 4.45. The van der Waals surface area contributed by atoms with E-state index in [1.807, 2.05) is 0 Å². The fourth-order valence-corrected chi connectivity index (χ4v) is 2.88. The number of carbonyl (C=O) groups is 1. The molecule has 84 valence electrons. The van der Waals surface area contributed by atoms with Gasteiger partial charge in [0.25, 0.3) is 0 Å². The average Bonchev–Trinajstić information content (AvgIpc) is 2.11. The number of aliphatic imine (C=N–C) groups is 1. The molecule has 3 atom stereocenters. The van der Waals surface area contributed by atoms with Crippen LogP contribution in [0.5, 0.6) is 0 Å². The van der Waals surface area contributed by atoms with Crippen molar-refractivity contribution in [3.05, 3.63) is 0 Å². The molecule has 0 aromatic carbocycles. The SMILES string of the molecule is C[C@H]1CCC2(CC(=O)NC(N)=N2)[C@@H](C)C1. The van der Waals surface area contributed by atoms with Crippen LogP contribution in [0.25, 0.3) is 0 Å². The molecule has 4 heteroatoms. The van der Waals surface area contributed by atoms with Crippen LogP contribution in [-0.4, -0.2) is 17.4 Å². The maximum absolute atomic E-state index is 11.5. The van der Waals surface area contributed by atoms with E-state index in [1.165, 1.54) is 0 Å². The van der Waals surface area contributed by atoms with Gasteiger partial charge in [-0.15, -0.1) is 0 Å². The molecule has 1 spiro atoms. The lowest BCUT2D eigenvalue weighted by atomic mass is 9.68. The summed E-state index contributed by atoms with van der Waals surface area (Å²) in [6, 6.07) is 0. The molecular weight excluding hydrogens is 190 g/mol. The van der Waals surface area contributed by atoms with Crippen molar-refractivity contribution in [3.63, 3.8) is 0 Å². The Morgan fingerprint density at radius 2 is 2.27 bits per heavy atom. The Balaban J connectivity index is 2.25. The summed E-state index contributed by atoms with van der Waals surface area (Å²) in [4.78, 5) is 16.0. The van der Waals surface area contributed by atoms with Crippen LogP contribution in [0, 0.1) is 11.8 Å². The molecule has 1 heterocycles. The van der Waals surface area contributed by atoms with Gasteiger partial charge in [-0.25, -0.2) is 4.99 Å².